The van der Waals surface area contributed by atoms with Gasteiger partial charge in [0.1, 0.15) is 18.5 Å². The zero-order valence-corrected chi connectivity index (χ0v) is 13.9. The largest absolute Gasteiger partial charge is 0.480 e. The predicted octanol–water partition coefficient (Wildman–Crippen LogP) is 2.44. The fourth-order valence-electron chi connectivity index (χ4n) is 2.49. The molecule has 1 aromatic carbocycles. The van der Waals surface area contributed by atoms with E-state index in [1.54, 1.807) is 24.6 Å². The maximum Gasteiger partial charge on any atom is 0.408 e. The van der Waals surface area contributed by atoms with Gasteiger partial charge in [-0.05, 0) is 26.3 Å². The van der Waals surface area contributed by atoms with Crippen molar-refractivity contribution in [3.63, 3.8) is 0 Å². The molecular weight excluding hydrogens is 310 g/mol. The number of hydrogen-bond donors (Lipinski definition) is 2. The summed E-state index contributed by atoms with van der Waals surface area (Å²) >= 11 is 0. The lowest BCUT2D eigenvalue weighted by molar-refractivity contribution is -0.140. The van der Waals surface area contributed by atoms with Crippen molar-refractivity contribution in [3.8, 4) is 0 Å². The molecule has 7 nitrogen and oxygen atoms in total. The molecule has 0 saturated carbocycles. The van der Waals surface area contributed by atoms with Crippen LogP contribution in [-0.4, -0.2) is 32.8 Å². The van der Waals surface area contributed by atoms with Crippen LogP contribution in [0.25, 0.3) is 0 Å². The highest BCUT2D eigenvalue weighted by Gasteiger charge is 2.29. The van der Waals surface area contributed by atoms with Crippen molar-refractivity contribution >= 4 is 12.1 Å². The minimum absolute atomic E-state index is 0.0800. The Morgan fingerprint density at radius 2 is 1.96 bits per heavy atom. The van der Waals surface area contributed by atoms with Crippen LogP contribution in [0.4, 0.5) is 4.79 Å². The molecule has 24 heavy (non-hydrogen) atoms. The normalized spacial score (nSPS) is 13.1. The molecule has 2 unspecified atom stereocenters. The van der Waals surface area contributed by atoms with Gasteiger partial charge >= 0.3 is 12.1 Å². The minimum Gasteiger partial charge on any atom is -0.480 e. The Morgan fingerprint density at radius 3 is 2.50 bits per heavy atom. The molecule has 2 rings (SSSR count). The maximum atomic E-state index is 11.9. The van der Waals surface area contributed by atoms with Crippen LogP contribution < -0.4 is 5.32 Å². The van der Waals surface area contributed by atoms with Crippen LogP contribution >= 0.6 is 0 Å². The van der Waals surface area contributed by atoms with Crippen molar-refractivity contribution in [2.24, 2.45) is 0 Å². The molecule has 2 aromatic rings. The van der Waals surface area contributed by atoms with E-state index in [2.05, 4.69) is 10.3 Å². The van der Waals surface area contributed by atoms with Gasteiger partial charge in [0.15, 0.2) is 0 Å². The van der Waals surface area contributed by atoms with Crippen LogP contribution in [0.2, 0.25) is 0 Å². The van der Waals surface area contributed by atoms with Crippen molar-refractivity contribution in [1.82, 2.24) is 14.9 Å². The van der Waals surface area contributed by atoms with Gasteiger partial charge in [-0.1, -0.05) is 30.3 Å². The molecule has 0 radical (unpaired) electrons. The van der Waals surface area contributed by atoms with Gasteiger partial charge in [-0.3, -0.25) is 0 Å². The molecule has 1 amide bonds. The van der Waals surface area contributed by atoms with Crippen molar-refractivity contribution in [1.29, 1.82) is 0 Å². The molecule has 2 N–H and O–H groups in total. The number of nitrogens with zero attached hydrogens (tertiary/aromatic N) is 2. The lowest BCUT2D eigenvalue weighted by atomic mass is 10.1. The first-order chi connectivity index (χ1) is 11.4. The molecule has 1 heterocycles. The molecule has 2 atom stereocenters. The van der Waals surface area contributed by atoms with Gasteiger partial charge in [-0.2, -0.15) is 0 Å². The lowest BCUT2D eigenvalue weighted by Gasteiger charge is -2.23. The summed E-state index contributed by atoms with van der Waals surface area (Å²) in [5.41, 5.74) is 1.61. The second-order valence-corrected chi connectivity index (χ2v) is 5.60. The number of aliphatic carboxylic acids is 1. The van der Waals surface area contributed by atoms with Crippen molar-refractivity contribution in [2.75, 3.05) is 0 Å². The van der Waals surface area contributed by atoms with Crippen LogP contribution in [0.3, 0.4) is 0 Å². The molecule has 0 spiro atoms. The van der Waals surface area contributed by atoms with Gasteiger partial charge in [0.25, 0.3) is 0 Å². The minimum atomic E-state index is -1.13. The van der Waals surface area contributed by atoms with Crippen LogP contribution in [0.15, 0.2) is 36.5 Å². The number of rotatable bonds is 6. The van der Waals surface area contributed by atoms with E-state index in [0.29, 0.717) is 5.82 Å². The van der Waals surface area contributed by atoms with Crippen molar-refractivity contribution in [3.05, 3.63) is 53.6 Å². The first-order valence-electron chi connectivity index (χ1n) is 7.60. The van der Waals surface area contributed by atoms with E-state index in [0.717, 1.165) is 11.3 Å². The fraction of sp³-hybridized carbons (Fsp3) is 0.353. The topological polar surface area (TPSA) is 93.5 Å². The number of aryl methyl sites for hydroxylation is 2. The Labute approximate surface area is 140 Å². The molecule has 0 fully saturated rings. The van der Waals surface area contributed by atoms with Gasteiger partial charge in [0, 0.05) is 6.20 Å². The number of carbonyl (C=O) groups is 2. The number of nitrogens with one attached hydrogen (secondary N) is 1. The van der Waals surface area contributed by atoms with E-state index in [9.17, 15) is 14.7 Å². The number of aromatic nitrogens is 2. The van der Waals surface area contributed by atoms with Crippen molar-refractivity contribution < 1.29 is 19.4 Å². The second kappa shape index (κ2) is 7.63. The van der Waals surface area contributed by atoms with Gasteiger partial charge in [-0.15, -0.1) is 0 Å². The molecule has 1 aromatic heterocycles. The SMILES string of the molecule is Cc1cn(C(C)C(NC(=O)OCc2ccccc2)C(=O)O)c(C)n1. The molecule has 7 heteroatoms. The average molecular weight is 331 g/mol. The summed E-state index contributed by atoms with van der Waals surface area (Å²) in [4.78, 5) is 27.7. The maximum absolute atomic E-state index is 11.9. The fourth-order valence-corrected chi connectivity index (χ4v) is 2.49. The van der Waals surface area contributed by atoms with E-state index in [1.165, 1.54) is 0 Å². The van der Waals surface area contributed by atoms with E-state index in [-0.39, 0.29) is 6.61 Å². The summed E-state index contributed by atoms with van der Waals surface area (Å²) in [5.74, 6) is -0.449. The number of carboxylic acid groups (broad SMARTS) is 1. The molecule has 0 aliphatic heterocycles. The van der Waals surface area contributed by atoms with Crippen LogP contribution in [0, 0.1) is 13.8 Å². The lowest BCUT2D eigenvalue weighted by Crippen LogP contribution is -2.46. The third-order valence-electron chi connectivity index (χ3n) is 3.71. The number of ether oxygens (including phenoxy) is 1. The Bertz CT molecular complexity index is 712. The zero-order valence-electron chi connectivity index (χ0n) is 13.9. The smallest absolute Gasteiger partial charge is 0.408 e. The predicted molar refractivity (Wildman–Crippen MR) is 87.6 cm³/mol. The quantitative estimate of drug-likeness (QED) is 0.848. The number of alkyl carbamates (subject to hydrolysis) is 1. The third-order valence-corrected chi connectivity index (χ3v) is 3.71. The first kappa shape index (κ1) is 17.5. The van der Waals surface area contributed by atoms with Crippen LogP contribution in [0.5, 0.6) is 0 Å². The summed E-state index contributed by atoms with van der Waals surface area (Å²) in [5, 5.41) is 11.8. The summed E-state index contributed by atoms with van der Waals surface area (Å²) in [6.45, 7) is 5.41. The molecule has 0 bridgehead atoms. The molecule has 0 aliphatic rings. The van der Waals surface area contributed by atoms with E-state index in [1.807, 2.05) is 37.3 Å². The standard InChI is InChI=1S/C17H21N3O4/c1-11-9-20(13(3)18-11)12(2)15(16(21)22)19-17(23)24-10-14-7-5-4-6-8-14/h4-9,12,15H,10H2,1-3H3,(H,19,23)(H,21,22). The van der Waals surface area contributed by atoms with Gasteiger partial charge in [0.05, 0.1) is 11.7 Å². The number of hydrogen-bond acceptors (Lipinski definition) is 4. The Kier molecular flexibility index (Phi) is 5.57. The van der Waals surface area contributed by atoms with E-state index >= 15 is 0 Å². The highest BCUT2D eigenvalue weighted by Crippen LogP contribution is 2.16. The number of carbonyl (C=O) groups excluding carboxylic acids is 1. The van der Waals surface area contributed by atoms with E-state index < -0.39 is 24.1 Å². The summed E-state index contributed by atoms with van der Waals surface area (Å²) < 4.78 is 6.82. The van der Waals surface area contributed by atoms with Gasteiger partial charge in [-0.25, -0.2) is 14.6 Å². The number of carboxylic acids is 1. The molecule has 128 valence electrons. The summed E-state index contributed by atoms with van der Waals surface area (Å²) in [6, 6.07) is 7.55. The monoisotopic (exact) mass is 331 g/mol. The van der Waals surface area contributed by atoms with Gasteiger partial charge in [0.2, 0.25) is 0 Å². The number of amides is 1. The number of imidazole rings is 1. The zero-order chi connectivity index (χ0) is 17.7. The first-order valence-corrected chi connectivity index (χ1v) is 7.60. The summed E-state index contributed by atoms with van der Waals surface area (Å²) in [6.07, 6.45) is 0.986. The summed E-state index contributed by atoms with van der Waals surface area (Å²) in [7, 11) is 0. The van der Waals surface area contributed by atoms with Crippen LogP contribution in [-0.2, 0) is 16.1 Å². The van der Waals surface area contributed by atoms with Crippen molar-refractivity contribution in [2.45, 2.75) is 39.5 Å². The Balaban J connectivity index is 2.01. The van der Waals surface area contributed by atoms with Gasteiger partial charge < -0.3 is 19.7 Å². The van der Waals surface area contributed by atoms with Crippen LogP contribution in [0.1, 0.15) is 30.0 Å². The average Bonchev–Trinajstić information content (AvgIpc) is 2.89. The van der Waals surface area contributed by atoms with E-state index in [4.69, 9.17) is 4.74 Å². The highest BCUT2D eigenvalue weighted by atomic mass is 16.5. The molecule has 0 aliphatic carbocycles. The second-order valence-electron chi connectivity index (χ2n) is 5.60. The molecule has 0 saturated heterocycles. The Hall–Kier alpha value is -2.83. The number of benzene rings is 1. The highest BCUT2D eigenvalue weighted by molar-refractivity contribution is 5.80. The molecular formula is C17H21N3O4. The third kappa shape index (κ3) is 4.34. The Morgan fingerprint density at radius 1 is 1.29 bits per heavy atom.